The number of hydrogen-bond donors (Lipinski definition) is 5. The fourth-order valence-corrected chi connectivity index (χ4v) is 3.90. The Kier molecular flexibility index (Phi) is 7.81. The average molecular weight is 431 g/mol. The molecule has 0 unspecified atom stereocenters. The molecule has 3 heterocycles. The number of phosphoric acid groups is 1. The summed E-state index contributed by atoms with van der Waals surface area (Å²) in [4.78, 5) is 36.4. The monoisotopic (exact) mass is 431 g/mol. The van der Waals surface area contributed by atoms with Crippen LogP contribution in [-0.2, 0) is 24.4 Å². The first kappa shape index (κ1) is 23.9. The van der Waals surface area contributed by atoms with Crippen LogP contribution in [0.2, 0.25) is 0 Å². The molecule has 153 valence electrons. The first-order valence-corrected chi connectivity index (χ1v) is 9.61. The molecule has 28 heavy (non-hydrogen) atoms. The van der Waals surface area contributed by atoms with Crippen molar-refractivity contribution in [2.24, 2.45) is 0 Å². The molecule has 15 heteroatoms. The van der Waals surface area contributed by atoms with Gasteiger partial charge in [-0.1, -0.05) is 0 Å². The van der Waals surface area contributed by atoms with E-state index in [4.69, 9.17) is 19.7 Å². The summed E-state index contributed by atoms with van der Waals surface area (Å²) in [5.74, 6) is -2.05. The Morgan fingerprint density at radius 1 is 1.39 bits per heavy atom. The number of rotatable bonds is 5. The van der Waals surface area contributed by atoms with E-state index in [0.29, 0.717) is 0 Å². The summed E-state index contributed by atoms with van der Waals surface area (Å²) in [6.45, 7) is 0.201. The minimum atomic E-state index is -5.11. The molecule has 0 aromatic carbocycles. The van der Waals surface area contributed by atoms with E-state index < -0.39 is 44.3 Å². The molecule has 3 rings (SSSR count). The van der Waals surface area contributed by atoms with Gasteiger partial charge in [-0.2, -0.15) is 4.98 Å². The number of hydrogen-bond acceptors (Lipinski definition) is 10. The van der Waals surface area contributed by atoms with Gasteiger partial charge in [-0.25, -0.2) is 9.36 Å². The van der Waals surface area contributed by atoms with Gasteiger partial charge >= 0.3 is 13.5 Å². The van der Waals surface area contributed by atoms with Crippen molar-refractivity contribution < 1.29 is 38.6 Å². The molecular weight excluding hydrogens is 410 g/mol. The first-order chi connectivity index (χ1) is 12.7. The zero-order valence-corrected chi connectivity index (χ0v) is 18.0. The van der Waals surface area contributed by atoms with Gasteiger partial charge in [-0.05, 0) is 6.07 Å². The maximum Gasteiger partial charge on any atom is 0.470 e. The number of nitrogens with zero attached hydrogens (tertiary/aromatic N) is 3. The Labute approximate surface area is 181 Å². The number of aliphatic hydroxyl groups excluding tert-OH is 2. The van der Waals surface area contributed by atoms with Crippen molar-refractivity contribution in [2.45, 2.75) is 24.2 Å². The number of aromatic nitrogens is 2. The van der Waals surface area contributed by atoms with Crippen LogP contribution in [0.1, 0.15) is 0 Å². The molecule has 0 bridgehead atoms. The minimum Gasteiger partial charge on any atom is -0.394 e. The SMILES string of the molecule is Nc1ccn([C@]2(N3CCOCC3)O[C@H](CO)[C@@H](O)[C@H]2OP(=O)(O)O)c(=O)n1.[Na]. The predicted octanol–water partition coefficient (Wildman–Crippen LogP) is -3.38. The van der Waals surface area contributed by atoms with Gasteiger partial charge in [0.2, 0.25) is 5.85 Å². The minimum absolute atomic E-state index is 0. The van der Waals surface area contributed by atoms with Crippen LogP contribution >= 0.6 is 7.82 Å². The zero-order valence-electron chi connectivity index (χ0n) is 15.1. The molecule has 2 fully saturated rings. The predicted molar refractivity (Wildman–Crippen MR) is 93.9 cm³/mol. The van der Waals surface area contributed by atoms with Crippen LogP contribution in [0.4, 0.5) is 5.82 Å². The molecule has 2 aliphatic heterocycles. The summed E-state index contributed by atoms with van der Waals surface area (Å²) >= 11 is 0. The van der Waals surface area contributed by atoms with Crippen molar-refractivity contribution in [2.75, 3.05) is 38.6 Å². The number of morpholine rings is 1. The van der Waals surface area contributed by atoms with Crippen LogP contribution in [0.15, 0.2) is 17.1 Å². The second-order valence-electron chi connectivity index (χ2n) is 6.11. The first-order valence-electron chi connectivity index (χ1n) is 8.08. The summed E-state index contributed by atoms with van der Waals surface area (Å²) < 4.78 is 28.4. The Morgan fingerprint density at radius 2 is 2.04 bits per heavy atom. The van der Waals surface area contributed by atoms with Gasteiger partial charge in [0.1, 0.15) is 18.0 Å². The third-order valence-corrected chi connectivity index (χ3v) is 4.95. The molecule has 1 aromatic heterocycles. The van der Waals surface area contributed by atoms with Crippen LogP contribution in [0, 0.1) is 0 Å². The number of anilines is 1. The maximum atomic E-state index is 12.5. The van der Waals surface area contributed by atoms with E-state index in [9.17, 15) is 29.4 Å². The Hall–Kier alpha value is -0.410. The molecule has 0 aliphatic carbocycles. The second kappa shape index (κ2) is 9.16. The molecule has 0 spiro atoms. The molecule has 6 N–H and O–H groups in total. The smallest absolute Gasteiger partial charge is 0.394 e. The number of nitrogen functional groups attached to an aromatic ring is 1. The van der Waals surface area contributed by atoms with Crippen molar-refractivity contribution in [3.05, 3.63) is 22.7 Å². The molecule has 4 atom stereocenters. The third-order valence-electron chi connectivity index (χ3n) is 4.45. The maximum absolute atomic E-state index is 12.5. The Bertz CT molecular complexity index is 786. The van der Waals surface area contributed by atoms with Gasteiger partial charge in [-0.3, -0.25) is 14.0 Å². The molecule has 2 aliphatic rings. The van der Waals surface area contributed by atoms with E-state index in [1.54, 1.807) is 0 Å². The standard InChI is InChI=1S/C13H21N4O9P.Na/c14-9-1-2-17(12(20)15-9)13(16-3-5-24-6-4-16)11(26-27(21,22)23)10(19)8(7-18)25-13;/h1-2,8,10-11,18-19H,3-7H2,(H2,14,15,20)(H2,21,22,23);/t8-,10-,11-,13+;/m1./s1. The van der Waals surface area contributed by atoms with Gasteiger partial charge in [-0.15, -0.1) is 0 Å². The largest absolute Gasteiger partial charge is 0.470 e. The number of nitrogens with two attached hydrogens (primary N) is 1. The van der Waals surface area contributed by atoms with E-state index in [2.05, 4.69) is 4.98 Å². The van der Waals surface area contributed by atoms with Crippen molar-refractivity contribution in [1.29, 1.82) is 0 Å². The van der Waals surface area contributed by atoms with Gasteiger partial charge < -0.3 is 35.2 Å². The molecule has 2 saturated heterocycles. The Morgan fingerprint density at radius 3 is 2.57 bits per heavy atom. The molecule has 1 aromatic rings. The zero-order chi connectivity index (χ0) is 19.8. The quantitative estimate of drug-likeness (QED) is 0.230. The topological polar surface area (TPSA) is 190 Å². The average Bonchev–Trinajstić information content (AvgIpc) is 2.88. The summed E-state index contributed by atoms with van der Waals surface area (Å²) in [5, 5.41) is 20.1. The molecule has 0 saturated carbocycles. The van der Waals surface area contributed by atoms with Crippen molar-refractivity contribution >= 4 is 43.2 Å². The van der Waals surface area contributed by atoms with Crippen LogP contribution < -0.4 is 11.4 Å². The van der Waals surface area contributed by atoms with Crippen molar-refractivity contribution in [3.8, 4) is 0 Å². The van der Waals surface area contributed by atoms with E-state index in [1.165, 1.54) is 17.2 Å². The van der Waals surface area contributed by atoms with Crippen molar-refractivity contribution in [1.82, 2.24) is 14.5 Å². The fraction of sp³-hybridized carbons (Fsp3) is 0.692. The molecule has 13 nitrogen and oxygen atoms in total. The number of phosphoric ester groups is 1. The van der Waals surface area contributed by atoms with E-state index in [0.717, 1.165) is 4.57 Å². The summed E-state index contributed by atoms with van der Waals surface area (Å²) in [7, 11) is -5.11. The fourth-order valence-electron chi connectivity index (χ4n) is 3.35. The summed E-state index contributed by atoms with van der Waals surface area (Å²) in [6.07, 6.45) is -3.40. The van der Waals surface area contributed by atoms with Crippen molar-refractivity contribution in [3.63, 3.8) is 0 Å². The normalized spacial score (nSPS) is 31.5. The number of aliphatic hydroxyl groups is 2. The van der Waals surface area contributed by atoms with E-state index in [-0.39, 0.29) is 61.7 Å². The van der Waals surface area contributed by atoms with E-state index >= 15 is 0 Å². The van der Waals surface area contributed by atoms with Gasteiger partial charge in [0.15, 0.2) is 6.10 Å². The van der Waals surface area contributed by atoms with E-state index in [1.807, 2.05) is 0 Å². The number of ether oxygens (including phenoxy) is 2. The van der Waals surface area contributed by atoms with Gasteiger partial charge in [0, 0.05) is 48.8 Å². The van der Waals surface area contributed by atoms with Crippen LogP contribution in [0.25, 0.3) is 0 Å². The summed E-state index contributed by atoms with van der Waals surface area (Å²) in [5.41, 5.74) is 4.64. The summed E-state index contributed by atoms with van der Waals surface area (Å²) in [6, 6.07) is 1.29. The van der Waals surface area contributed by atoms with Crippen LogP contribution in [-0.4, -0.2) is 115 Å². The second-order valence-corrected chi connectivity index (χ2v) is 7.30. The van der Waals surface area contributed by atoms with Gasteiger partial charge in [0.25, 0.3) is 0 Å². The molecule has 1 radical (unpaired) electrons. The Balaban J connectivity index is 0.00000280. The van der Waals surface area contributed by atoms with Gasteiger partial charge in [0.05, 0.1) is 19.8 Å². The molecule has 0 amide bonds. The third kappa shape index (κ3) is 4.51. The van der Waals surface area contributed by atoms with Crippen LogP contribution in [0.3, 0.4) is 0 Å². The van der Waals surface area contributed by atoms with Crippen LogP contribution in [0.5, 0.6) is 0 Å². The molecular formula is C13H21N4NaO9P.